The van der Waals surface area contributed by atoms with Crippen LogP contribution in [-0.4, -0.2) is 10.1 Å². The van der Waals surface area contributed by atoms with E-state index in [1.165, 1.54) is 10.4 Å². The molecule has 2 atom stereocenters. The summed E-state index contributed by atoms with van der Waals surface area (Å²) in [7, 11) is 0. The van der Waals surface area contributed by atoms with Gasteiger partial charge in [0.25, 0.3) is 0 Å². The van der Waals surface area contributed by atoms with Gasteiger partial charge in [-0.1, -0.05) is 18.2 Å². The molecule has 0 amide bonds. The van der Waals surface area contributed by atoms with Crippen LogP contribution in [0.25, 0.3) is 0 Å². The van der Waals surface area contributed by atoms with Crippen LogP contribution in [0.4, 0.5) is 5.69 Å². The van der Waals surface area contributed by atoms with Crippen molar-refractivity contribution in [3.05, 3.63) is 80.7 Å². The van der Waals surface area contributed by atoms with Crippen LogP contribution in [0.5, 0.6) is 0 Å². The lowest BCUT2D eigenvalue weighted by Crippen LogP contribution is -2.29. The summed E-state index contributed by atoms with van der Waals surface area (Å²) in [5.74, 6) is 0. The molecular formula is C19H16BrN3S2. The van der Waals surface area contributed by atoms with Gasteiger partial charge in [-0.2, -0.15) is 0 Å². The van der Waals surface area contributed by atoms with Gasteiger partial charge in [0.1, 0.15) is 0 Å². The van der Waals surface area contributed by atoms with Gasteiger partial charge in [-0.25, -0.2) is 0 Å². The highest BCUT2D eigenvalue weighted by Gasteiger charge is 2.41. The van der Waals surface area contributed by atoms with Gasteiger partial charge in [0, 0.05) is 16.8 Å². The average molecular weight is 430 g/mol. The van der Waals surface area contributed by atoms with Gasteiger partial charge in [0.05, 0.1) is 21.6 Å². The van der Waals surface area contributed by atoms with Crippen LogP contribution in [-0.2, 0) is 0 Å². The fraction of sp³-hybridized carbons (Fsp3) is 0.158. The molecule has 3 nitrogen and oxygen atoms in total. The molecule has 1 N–H and O–H groups in total. The Morgan fingerprint density at radius 1 is 1.16 bits per heavy atom. The van der Waals surface area contributed by atoms with Gasteiger partial charge in [0.15, 0.2) is 5.11 Å². The molecule has 1 aromatic carbocycles. The molecule has 0 radical (unpaired) electrons. The van der Waals surface area contributed by atoms with Gasteiger partial charge in [-0.05, 0) is 77.0 Å². The monoisotopic (exact) mass is 429 g/mol. The second-order valence-electron chi connectivity index (χ2n) is 5.98. The molecule has 1 saturated heterocycles. The Bertz CT molecular complexity index is 910. The molecule has 0 spiro atoms. The molecule has 2 aromatic heterocycles. The van der Waals surface area contributed by atoms with Crippen LogP contribution >= 0.6 is 39.5 Å². The third-order valence-electron chi connectivity index (χ3n) is 4.26. The molecule has 1 fully saturated rings. The second kappa shape index (κ2) is 6.86. The molecule has 0 bridgehead atoms. The number of thiocarbonyl (C=S) groups is 1. The smallest absolute Gasteiger partial charge is 0.174 e. The van der Waals surface area contributed by atoms with E-state index in [2.05, 4.69) is 80.5 Å². The van der Waals surface area contributed by atoms with Crippen molar-refractivity contribution >= 4 is 50.3 Å². The molecule has 0 unspecified atom stereocenters. The lowest BCUT2D eigenvalue weighted by atomic mass is 10.0. The van der Waals surface area contributed by atoms with E-state index in [1.54, 1.807) is 11.3 Å². The van der Waals surface area contributed by atoms with E-state index in [0.29, 0.717) is 0 Å². The molecule has 0 saturated carbocycles. The van der Waals surface area contributed by atoms with Crippen molar-refractivity contribution in [1.29, 1.82) is 0 Å². The standard InChI is InChI=1S/C19H16BrN3S2/c1-12-5-4-6-13(11-12)23-18(15-8-9-16(20)25-15)17(22-19(23)24)14-7-2-3-10-21-14/h2-11,17-18H,1H3,(H,22,24)/t17-,18-/m1/s1. The maximum atomic E-state index is 5.71. The summed E-state index contributed by atoms with van der Waals surface area (Å²) < 4.78 is 1.12. The maximum absolute atomic E-state index is 5.71. The minimum Gasteiger partial charge on any atom is -0.351 e. The third-order valence-corrected chi connectivity index (χ3v) is 6.27. The first-order valence-electron chi connectivity index (χ1n) is 7.96. The Kier molecular flexibility index (Phi) is 4.58. The zero-order valence-corrected chi connectivity index (χ0v) is 16.7. The third kappa shape index (κ3) is 3.21. The molecule has 3 aromatic rings. The molecular weight excluding hydrogens is 414 g/mol. The molecule has 3 heterocycles. The van der Waals surface area contributed by atoms with Crippen LogP contribution in [0.15, 0.2) is 64.6 Å². The van der Waals surface area contributed by atoms with E-state index in [0.717, 1.165) is 20.3 Å². The zero-order chi connectivity index (χ0) is 17.4. The van der Waals surface area contributed by atoms with Crippen molar-refractivity contribution in [2.45, 2.75) is 19.0 Å². The number of benzene rings is 1. The lowest BCUT2D eigenvalue weighted by Gasteiger charge is -2.27. The molecule has 126 valence electrons. The average Bonchev–Trinajstić information content (AvgIpc) is 3.18. The number of aromatic nitrogens is 1. The minimum atomic E-state index is 0.0137. The number of hydrogen-bond acceptors (Lipinski definition) is 3. The summed E-state index contributed by atoms with van der Waals surface area (Å²) in [5, 5.41) is 4.21. The SMILES string of the molecule is Cc1cccc(N2C(=S)N[C@H](c3ccccn3)[C@H]2c2ccc(Br)s2)c1. The lowest BCUT2D eigenvalue weighted by molar-refractivity contribution is 0.575. The van der Waals surface area contributed by atoms with E-state index < -0.39 is 0 Å². The summed E-state index contributed by atoms with van der Waals surface area (Å²) in [6, 6.07) is 18.8. The Morgan fingerprint density at radius 3 is 2.72 bits per heavy atom. The summed E-state index contributed by atoms with van der Waals surface area (Å²) in [6.07, 6.45) is 1.83. The maximum Gasteiger partial charge on any atom is 0.174 e. The van der Waals surface area contributed by atoms with E-state index >= 15 is 0 Å². The molecule has 4 rings (SSSR count). The highest BCUT2D eigenvalue weighted by atomic mass is 79.9. The highest BCUT2D eigenvalue weighted by Crippen LogP contribution is 2.44. The number of pyridine rings is 1. The summed E-state index contributed by atoms with van der Waals surface area (Å²) in [5.41, 5.74) is 3.31. The van der Waals surface area contributed by atoms with Crippen molar-refractivity contribution in [2.75, 3.05) is 4.90 Å². The van der Waals surface area contributed by atoms with Crippen molar-refractivity contribution < 1.29 is 0 Å². The van der Waals surface area contributed by atoms with Gasteiger partial charge >= 0.3 is 0 Å². The second-order valence-corrected chi connectivity index (χ2v) is 8.86. The van der Waals surface area contributed by atoms with Crippen LogP contribution in [0.2, 0.25) is 0 Å². The number of thiophene rings is 1. The number of halogens is 1. The first kappa shape index (κ1) is 16.7. The predicted octanol–water partition coefficient (Wildman–Crippen LogP) is 5.39. The predicted molar refractivity (Wildman–Crippen MR) is 111 cm³/mol. The van der Waals surface area contributed by atoms with Gasteiger partial charge < -0.3 is 10.2 Å². The normalized spacial score (nSPS) is 19.9. The summed E-state index contributed by atoms with van der Waals surface area (Å²) in [4.78, 5) is 8.02. The quantitative estimate of drug-likeness (QED) is 0.564. The molecule has 1 aliphatic rings. The fourth-order valence-electron chi connectivity index (χ4n) is 3.19. The van der Waals surface area contributed by atoms with E-state index in [-0.39, 0.29) is 12.1 Å². The molecule has 0 aliphatic carbocycles. The Morgan fingerprint density at radius 2 is 2.04 bits per heavy atom. The molecule has 25 heavy (non-hydrogen) atoms. The van der Waals surface area contributed by atoms with Crippen LogP contribution in [0.3, 0.4) is 0 Å². The first-order valence-corrected chi connectivity index (χ1v) is 9.98. The van der Waals surface area contributed by atoms with Gasteiger partial charge in [-0.3, -0.25) is 4.98 Å². The van der Waals surface area contributed by atoms with Crippen molar-refractivity contribution in [2.24, 2.45) is 0 Å². The number of nitrogens with zero attached hydrogens (tertiary/aromatic N) is 2. The van der Waals surface area contributed by atoms with Crippen LogP contribution in [0, 0.1) is 6.92 Å². The molecule has 1 aliphatic heterocycles. The highest BCUT2D eigenvalue weighted by molar-refractivity contribution is 9.11. The van der Waals surface area contributed by atoms with Crippen molar-refractivity contribution in [1.82, 2.24) is 10.3 Å². The van der Waals surface area contributed by atoms with E-state index in [4.69, 9.17) is 12.2 Å². The van der Waals surface area contributed by atoms with E-state index in [1.807, 2.05) is 18.3 Å². The van der Waals surface area contributed by atoms with E-state index in [9.17, 15) is 0 Å². The minimum absolute atomic E-state index is 0.0137. The topological polar surface area (TPSA) is 28.2 Å². The number of anilines is 1. The van der Waals surface area contributed by atoms with Crippen LogP contribution < -0.4 is 10.2 Å². The van der Waals surface area contributed by atoms with Crippen LogP contribution in [0.1, 0.15) is 28.2 Å². The van der Waals surface area contributed by atoms with Crippen molar-refractivity contribution in [3.8, 4) is 0 Å². The number of nitrogens with one attached hydrogen (secondary N) is 1. The fourth-order valence-corrected chi connectivity index (χ4v) is 5.09. The summed E-state index contributed by atoms with van der Waals surface area (Å²) >= 11 is 11.0. The largest absolute Gasteiger partial charge is 0.351 e. The first-order chi connectivity index (χ1) is 12.1. The van der Waals surface area contributed by atoms with Crippen molar-refractivity contribution in [3.63, 3.8) is 0 Å². The van der Waals surface area contributed by atoms with Gasteiger partial charge in [-0.15, -0.1) is 11.3 Å². The number of aryl methyl sites for hydroxylation is 1. The zero-order valence-electron chi connectivity index (χ0n) is 13.5. The number of rotatable bonds is 3. The van der Waals surface area contributed by atoms with Gasteiger partial charge in [0.2, 0.25) is 0 Å². The Hall–Kier alpha value is -1.76. The molecule has 6 heteroatoms. The Balaban J connectivity index is 1.83. The Labute approximate surface area is 164 Å². The summed E-state index contributed by atoms with van der Waals surface area (Å²) in [6.45, 7) is 2.10. The number of hydrogen-bond donors (Lipinski definition) is 1.